The molecule has 0 aliphatic heterocycles. The zero-order chi connectivity index (χ0) is 15.0. The topological polar surface area (TPSA) is 34.1 Å². The van der Waals surface area contributed by atoms with Crippen molar-refractivity contribution in [3.05, 3.63) is 45.9 Å². The van der Waals surface area contributed by atoms with Crippen molar-refractivity contribution in [2.24, 2.45) is 0 Å². The highest BCUT2D eigenvalue weighted by Gasteiger charge is 2.09. The maximum absolute atomic E-state index is 5.25. The molecule has 0 saturated heterocycles. The molecule has 0 fully saturated rings. The van der Waals surface area contributed by atoms with E-state index in [1.165, 1.54) is 11.1 Å². The van der Waals surface area contributed by atoms with Gasteiger partial charge in [-0.25, -0.2) is 4.98 Å². The summed E-state index contributed by atoms with van der Waals surface area (Å²) in [5.41, 5.74) is 4.47. The number of fused-ring (bicyclic) bond motifs is 1. The molecule has 0 aliphatic rings. The maximum Gasteiger partial charge on any atom is 0.188 e. The molecule has 1 N–H and O–H groups in total. The third-order valence-corrected chi connectivity index (χ3v) is 4.82. The van der Waals surface area contributed by atoms with E-state index >= 15 is 0 Å². The molecular weight excluding hydrogens is 348 g/mol. The molecule has 3 nitrogen and oxygen atoms in total. The minimum absolute atomic E-state index is 0.852. The number of hydrogen-bond acceptors (Lipinski definition) is 4. The molecule has 21 heavy (non-hydrogen) atoms. The van der Waals surface area contributed by atoms with Crippen LogP contribution in [0.2, 0.25) is 0 Å². The molecule has 0 atom stereocenters. The highest BCUT2D eigenvalue weighted by Crippen LogP contribution is 2.35. The highest BCUT2D eigenvalue weighted by molar-refractivity contribution is 9.10. The fourth-order valence-corrected chi connectivity index (χ4v) is 3.94. The number of aryl methyl sites for hydroxylation is 2. The van der Waals surface area contributed by atoms with Gasteiger partial charge in [0.15, 0.2) is 5.13 Å². The maximum atomic E-state index is 5.25. The number of rotatable bonds is 3. The zero-order valence-electron chi connectivity index (χ0n) is 12.0. The predicted molar refractivity (Wildman–Crippen MR) is 93.1 cm³/mol. The summed E-state index contributed by atoms with van der Waals surface area (Å²) < 4.78 is 7.41. The predicted octanol–water partition coefficient (Wildman–Crippen LogP) is 5.43. The van der Waals surface area contributed by atoms with Crippen LogP contribution in [-0.2, 0) is 0 Å². The van der Waals surface area contributed by atoms with E-state index in [0.717, 1.165) is 31.3 Å². The van der Waals surface area contributed by atoms with Gasteiger partial charge in [0, 0.05) is 4.47 Å². The molecule has 2 aromatic carbocycles. The van der Waals surface area contributed by atoms with Gasteiger partial charge in [-0.05, 0) is 65.2 Å². The SMILES string of the molecule is COc1ccc2nc(Nc3c(C)cc(C)cc3Br)sc2c1. The molecule has 0 radical (unpaired) electrons. The number of aromatic nitrogens is 1. The summed E-state index contributed by atoms with van der Waals surface area (Å²) in [5.74, 6) is 0.852. The number of nitrogens with zero attached hydrogens (tertiary/aromatic N) is 1. The van der Waals surface area contributed by atoms with E-state index in [1.54, 1.807) is 18.4 Å². The molecule has 5 heteroatoms. The van der Waals surface area contributed by atoms with Crippen LogP contribution in [0.1, 0.15) is 11.1 Å². The number of nitrogens with one attached hydrogen (secondary N) is 1. The van der Waals surface area contributed by atoms with Crippen LogP contribution in [0.4, 0.5) is 10.8 Å². The van der Waals surface area contributed by atoms with Crippen LogP contribution in [0.5, 0.6) is 5.75 Å². The second kappa shape index (κ2) is 5.66. The minimum Gasteiger partial charge on any atom is -0.497 e. The van der Waals surface area contributed by atoms with E-state index in [1.807, 2.05) is 18.2 Å². The smallest absolute Gasteiger partial charge is 0.188 e. The van der Waals surface area contributed by atoms with Crippen molar-refractivity contribution < 1.29 is 4.74 Å². The zero-order valence-corrected chi connectivity index (χ0v) is 14.4. The standard InChI is InChI=1S/C16H15BrN2OS/c1-9-6-10(2)15(12(17)7-9)19-16-18-13-5-4-11(20-3)8-14(13)21-16/h4-8H,1-3H3,(H,18,19). The van der Waals surface area contributed by atoms with Crippen LogP contribution in [0, 0.1) is 13.8 Å². The largest absolute Gasteiger partial charge is 0.497 e. The first-order valence-corrected chi connectivity index (χ1v) is 8.16. The van der Waals surface area contributed by atoms with Crippen molar-refractivity contribution in [2.75, 3.05) is 12.4 Å². The number of hydrogen-bond donors (Lipinski definition) is 1. The minimum atomic E-state index is 0.852. The van der Waals surface area contributed by atoms with Gasteiger partial charge in [0.2, 0.25) is 0 Å². The number of thiazole rings is 1. The lowest BCUT2D eigenvalue weighted by atomic mass is 10.1. The van der Waals surface area contributed by atoms with Gasteiger partial charge in [0.1, 0.15) is 5.75 Å². The van der Waals surface area contributed by atoms with Crippen LogP contribution in [0.25, 0.3) is 10.2 Å². The molecule has 0 bridgehead atoms. The van der Waals surface area contributed by atoms with E-state index in [-0.39, 0.29) is 0 Å². The Kier molecular flexibility index (Phi) is 3.87. The van der Waals surface area contributed by atoms with Gasteiger partial charge < -0.3 is 10.1 Å². The van der Waals surface area contributed by atoms with Crippen LogP contribution in [-0.4, -0.2) is 12.1 Å². The highest BCUT2D eigenvalue weighted by atomic mass is 79.9. The fourth-order valence-electron chi connectivity index (χ4n) is 2.27. The van der Waals surface area contributed by atoms with Crippen LogP contribution in [0.15, 0.2) is 34.8 Å². The average Bonchev–Trinajstić information content (AvgIpc) is 2.84. The number of methoxy groups -OCH3 is 1. The first-order valence-electron chi connectivity index (χ1n) is 6.55. The quantitative estimate of drug-likeness (QED) is 0.674. The number of benzene rings is 2. The van der Waals surface area contributed by atoms with E-state index in [0.29, 0.717) is 0 Å². The lowest BCUT2D eigenvalue weighted by Crippen LogP contribution is -1.94. The van der Waals surface area contributed by atoms with Gasteiger partial charge in [-0.15, -0.1) is 0 Å². The van der Waals surface area contributed by atoms with Gasteiger partial charge in [-0.3, -0.25) is 0 Å². The first-order chi connectivity index (χ1) is 10.1. The summed E-state index contributed by atoms with van der Waals surface area (Å²) in [7, 11) is 1.67. The van der Waals surface area contributed by atoms with Crippen LogP contribution >= 0.6 is 27.3 Å². The third kappa shape index (κ3) is 2.89. The van der Waals surface area contributed by atoms with Gasteiger partial charge in [-0.1, -0.05) is 17.4 Å². The monoisotopic (exact) mass is 362 g/mol. The molecule has 1 aromatic heterocycles. The molecule has 3 rings (SSSR count). The van der Waals surface area contributed by atoms with Crippen molar-refractivity contribution in [1.82, 2.24) is 4.98 Å². The van der Waals surface area contributed by atoms with Crippen molar-refractivity contribution in [3.8, 4) is 5.75 Å². The van der Waals surface area contributed by atoms with Crippen molar-refractivity contribution in [3.63, 3.8) is 0 Å². The lowest BCUT2D eigenvalue weighted by Gasteiger charge is -2.10. The molecule has 108 valence electrons. The van der Waals surface area contributed by atoms with Gasteiger partial charge in [0.05, 0.1) is 23.0 Å². The molecule has 1 heterocycles. The van der Waals surface area contributed by atoms with Gasteiger partial charge in [-0.2, -0.15) is 0 Å². The van der Waals surface area contributed by atoms with E-state index in [2.05, 4.69) is 52.2 Å². The van der Waals surface area contributed by atoms with Crippen LogP contribution in [0.3, 0.4) is 0 Å². The Morgan fingerprint density at radius 3 is 2.71 bits per heavy atom. The molecule has 0 spiro atoms. The lowest BCUT2D eigenvalue weighted by molar-refractivity contribution is 0.415. The summed E-state index contributed by atoms with van der Waals surface area (Å²) in [6, 6.07) is 10.2. The van der Waals surface area contributed by atoms with Crippen LogP contribution < -0.4 is 10.1 Å². The Morgan fingerprint density at radius 2 is 2.00 bits per heavy atom. The summed E-state index contributed by atoms with van der Waals surface area (Å²) >= 11 is 5.24. The number of halogens is 1. The molecule has 0 saturated carbocycles. The van der Waals surface area contributed by atoms with E-state index in [4.69, 9.17) is 4.74 Å². The Balaban J connectivity index is 1.98. The average molecular weight is 363 g/mol. The second-order valence-corrected chi connectivity index (χ2v) is 6.80. The Labute approximate surface area is 136 Å². The molecule has 0 aliphatic carbocycles. The van der Waals surface area contributed by atoms with Crippen molar-refractivity contribution in [2.45, 2.75) is 13.8 Å². The summed E-state index contributed by atoms with van der Waals surface area (Å²) in [6.07, 6.45) is 0. The summed E-state index contributed by atoms with van der Waals surface area (Å²) in [6.45, 7) is 4.18. The van der Waals surface area contributed by atoms with Gasteiger partial charge >= 0.3 is 0 Å². The molecule has 0 amide bonds. The molecule has 0 unspecified atom stereocenters. The van der Waals surface area contributed by atoms with E-state index in [9.17, 15) is 0 Å². The van der Waals surface area contributed by atoms with Crippen molar-refractivity contribution in [1.29, 1.82) is 0 Å². The number of anilines is 2. The second-order valence-electron chi connectivity index (χ2n) is 4.92. The summed E-state index contributed by atoms with van der Waals surface area (Å²) in [5, 5.41) is 4.29. The number of ether oxygens (including phenoxy) is 1. The third-order valence-electron chi connectivity index (χ3n) is 3.26. The van der Waals surface area contributed by atoms with Crippen molar-refractivity contribution >= 4 is 48.3 Å². The summed E-state index contributed by atoms with van der Waals surface area (Å²) in [4.78, 5) is 4.62. The Bertz CT molecular complexity index is 790. The Hall–Kier alpha value is -1.59. The van der Waals surface area contributed by atoms with Gasteiger partial charge in [0.25, 0.3) is 0 Å². The Morgan fingerprint density at radius 1 is 1.19 bits per heavy atom. The normalized spacial score (nSPS) is 10.9. The molecule has 3 aromatic rings. The molecular formula is C16H15BrN2OS. The van der Waals surface area contributed by atoms with E-state index < -0.39 is 0 Å². The first kappa shape index (κ1) is 14.4. The fraction of sp³-hybridized carbons (Fsp3) is 0.188.